The number of para-hydroxylation sites is 1. The van der Waals surface area contributed by atoms with Gasteiger partial charge in [0.25, 0.3) is 11.8 Å². The third-order valence-corrected chi connectivity index (χ3v) is 4.49. The third kappa shape index (κ3) is 5.17. The van der Waals surface area contributed by atoms with Gasteiger partial charge in [0.15, 0.2) is 12.6 Å². The van der Waals surface area contributed by atoms with Crippen molar-refractivity contribution in [3.05, 3.63) is 54.6 Å². The van der Waals surface area contributed by atoms with E-state index < -0.39 is 0 Å². The molecule has 0 radical (unpaired) electrons. The topological polar surface area (TPSA) is 62.6 Å². The molecule has 0 aliphatic carbocycles. The lowest BCUT2D eigenvalue weighted by atomic mass is 10.0. The van der Waals surface area contributed by atoms with Crippen LogP contribution in [0.1, 0.15) is 20.8 Å². The molecule has 0 heterocycles. The largest absolute Gasteiger partial charge is 0.351 e. The van der Waals surface area contributed by atoms with E-state index in [9.17, 15) is 9.59 Å². The van der Waals surface area contributed by atoms with Crippen molar-refractivity contribution < 1.29 is 14.5 Å². The molecule has 26 heavy (non-hydrogen) atoms. The summed E-state index contributed by atoms with van der Waals surface area (Å²) in [5.41, 5.74) is 2.82. The molecule has 2 rings (SSSR count). The van der Waals surface area contributed by atoms with E-state index in [-0.39, 0.29) is 17.9 Å². The van der Waals surface area contributed by atoms with Crippen LogP contribution in [-0.4, -0.2) is 37.5 Å². The van der Waals surface area contributed by atoms with E-state index in [1.54, 1.807) is 0 Å². The number of rotatable bonds is 8. The van der Waals surface area contributed by atoms with E-state index in [4.69, 9.17) is 0 Å². The number of amides is 2. The van der Waals surface area contributed by atoms with Crippen molar-refractivity contribution in [3.8, 4) is 11.1 Å². The highest BCUT2D eigenvalue weighted by molar-refractivity contribution is 5.97. The Kier molecular flexibility index (Phi) is 7.36. The van der Waals surface area contributed by atoms with Crippen molar-refractivity contribution in [3.63, 3.8) is 0 Å². The number of benzene rings is 2. The van der Waals surface area contributed by atoms with Gasteiger partial charge in [-0.2, -0.15) is 0 Å². The zero-order valence-corrected chi connectivity index (χ0v) is 15.7. The first-order valence-corrected chi connectivity index (χ1v) is 9.13. The van der Waals surface area contributed by atoms with Crippen LogP contribution in [0.15, 0.2) is 54.6 Å². The quantitative estimate of drug-likeness (QED) is 0.676. The lowest BCUT2D eigenvalue weighted by Crippen LogP contribution is -3.17. The molecule has 2 atom stereocenters. The minimum absolute atomic E-state index is 0.0336. The van der Waals surface area contributed by atoms with E-state index in [0.717, 1.165) is 21.7 Å². The molecule has 0 spiro atoms. The summed E-state index contributed by atoms with van der Waals surface area (Å²) in [4.78, 5) is 25.6. The number of hydrogen-bond acceptors (Lipinski definition) is 2. The minimum atomic E-state index is -0.327. The van der Waals surface area contributed by atoms with Crippen LogP contribution in [0.25, 0.3) is 11.1 Å². The number of anilines is 1. The van der Waals surface area contributed by atoms with Gasteiger partial charge in [0.05, 0.1) is 6.54 Å². The Morgan fingerprint density at radius 3 is 2.31 bits per heavy atom. The van der Waals surface area contributed by atoms with Gasteiger partial charge >= 0.3 is 0 Å². The second-order valence-electron chi connectivity index (χ2n) is 6.26. The second-order valence-corrected chi connectivity index (χ2v) is 6.26. The lowest BCUT2D eigenvalue weighted by Gasteiger charge is -2.24. The average molecular weight is 354 g/mol. The van der Waals surface area contributed by atoms with Crippen LogP contribution in [-0.2, 0) is 9.59 Å². The molecule has 0 fully saturated rings. The SMILES string of the molecule is CCNC(=O)C[NH+](CC)[C@H](C)C(=O)Nc1ccccc1-c1ccccc1. The predicted molar refractivity (Wildman–Crippen MR) is 105 cm³/mol. The summed E-state index contributed by atoms with van der Waals surface area (Å²) < 4.78 is 0. The van der Waals surface area contributed by atoms with E-state index in [0.29, 0.717) is 19.6 Å². The van der Waals surface area contributed by atoms with Crippen molar-refractivity contribution in [1.82, 2.24) is 5.32 Å². The van der Waals surface area contributed by atoms with Crippen LogP contribution in [0, 0.1) is 0 Å². The number of quaternary nitrogens is 1. The Bertz CT molecular complexity index is 731. The van der Waals surface area contributed by atoms with Crippen molar-refractivity contribution >= 4 is 17.5 Å². The Hall–Kier alpha value is -2.66. The second kappa shape index (κ2) is 9.73. The first-order chi connectivity index (χ1) is 12.6. The van der Waals surface area contributed by atoms with Crippen molar-refractivity contribution in [2.45, 2.75) is 26.8 Å². The number of likely N-dealkylation sites (N-methyl/N-ethyl adjacent to an activating group) is 2. The van der Waals surface area contributed by atoms with Crippen LogP contribution < -0.4 is 15.5 Å². The fourth-order valence-corrected chi connectivity index (χ4v) is 2.94. The molecule has 0 aromatic heterocycles. The molecule has 138 valence electrons. The Morgan fingerprint density at radius 2 is 1.65 bits per heavy atom. The van der Waals surface area contributed by atoms with Gasteiger partial charge in [0.1, 0.15) is 0 Å². The summed E-state index contributed by atoms with van der Waals surface area (Å²) in [6.45, 7) is 7.32. The molecular weight excluding hydrogens is 326 g/mol. The summed E-state index contributed by atoms with van der Waals surface area (Å²) in [7, 11) is 0. The number of hydrogen-bond donors (Lipinski definition) is 3. The normalized spacial score (nSPS) is 12.9. The highest BCUT2D eigenvalue weighted by Crippen LogP contribution is 2.27. The number of carbonyl (C=O) groups excluding carboxylic acids is 2. The fourth-order valence-electron chi connectivity index (χ4n) is 2.94. The Morgan fingerprint density at radius 1 is 1.00 bits per heavy atom. The van der Waals surface area contributed by atoms with E-state index in [1.807, 2.05) is 75.4 Å². The van der Waals surface area contributed by atoms with Crippen molar-refractivity contribution in [2.75, 3.05) is 25.0 Å². The summed E-state index contributed by atoms with van der Waals surface area (Å²) >= 11 is 0. The molecule has 0 saturated heterocycles. The molecule has 3 N–H and O–H groups in total. The van der Waals surface area contributed by atoms with Crippen LogP contribution in [0.3, 0.4) is 0 Å². The molecule has 2 aromatic rings. The molecule has 1 unspecified atom stereocenters. The molecule has 0 aliphatic heterocycles. The maximum atomic E-state index is 12.8. The van der Waals surface area contributed by atoms with E-state index >= 15 is 0 Å². The van der Waals surface area contributed by atoms with Crippen LogP contribution in [0.4, 0.5) is 5.69 Å². The van der Waals surface area contributed by atoms with Gasteiger partial charge in [-0.15, -0.1) is 0 Å². The molecule has 0 aliphatic rings. The maximum absolute atomic E-state index is 12.8. The highest BCUT2D eigenvalue weighted by Gasteiger charge is 2.26. The van der Waals surface area contributed by atoms with Crippen LogP contribution in [0.5, 0.6) is 0 Å². The zero-order chi connectivity index (χ0) is 18.9. The first-order valence-electron chi connectivity index (χ1n) is 9.13. The maximum Gasteiger partial charge on any atom is 0.282 e. The van der Waals surface area contributed by atoms with Gasteiger partial charge in [-0.25, -0.2) is 0 Å². The predicted octanol–water partition coefficient (Wildman–Crippen LogP) is 1.72. The highest BCUT2D eigenvalue weighted by atomic mass is 16.2. The van der Waals surface area contributed by atoms with Gasteiger partial charge < -0.3 is 15.5 Å². The van der Waals surface area contributed by atoms with Gasteiger partial charge in [0.2, 0.25) is 0 Å². The summed E-state index contributed by atoms with van der Waals surface area (Å²) in [5.74, 6) is -0.122. The molecule has 0 bridgehead atoms. The van der Waals surface area contributed by atoms with Crippen molar-refractivity contribution in [1.29, 1.82) is 0 Å². The zero-order valence-electron chi connectivity index (χ0n) is 15.7. The Labute approximate surface area is 155 Å². The van der Waals surface area contributed by atoms with Gasteiger partial charge in [-0.05, 0) is 32.4 Å². The van der Waals surface area contributed by atoms with Crippen LogP contribution in [0.2, 0.25) is 0 Å². The first kappa shape index (κ1) is 19.7. The smallest absolute Gasteiger partial charge is 0.282 e. The number of carbonyl (C=O) groups is 2. The van der Waals surface area contributed by atoms with Crippen molar-refractivity contribution in [2.24, 2.45) is 0 Å². The molecule has 0 saturated carbocycles. The molecule has 5 nitrogen and oxygen atoms in total. The molecule has 2 amide bonds. The molecule has 2 aromatic carbocycles. The van der Waals surface area contributed by atoms with Gasteiger partial charge in [-0.3, -0.25) is 9.59 Å². The molecule has 5 heteroatoms. The standard InChI is InChI=1S/C21H27N3O2/c1-4-22-20(25)15-24(5-2)16(3)21(26)23-19-14-10-9-13-18(19)17-11-7-6-8-12-17/h6-14,16H,4-5,15H2,1-3H3,(H,22,25)(H,23,26)/p+1/t16-/m1/s1. The van der Waals surface area contributed by atoms with Gasteiger partial charge in [0, 0.05) is 17.8 Å². The van der Waals surface area contributed by atoms with Gasteiger partial charge in [-0.1, -0.05) is 48.5 Å². The van der Waals surface area contributed by atoms with E-state index in [1.165, 1.54) is 0 Å². The van der Waals surface area contributed by atoms with Crippen LogP contribution >= 0.6 is 0 Å². The lowest BCUT2D eigenvalue weighted by molar-refractivity contribution is -0.904. The average Bonchev–Trinajstić information content (AvgIpc) is 2.67. The summed E-state index contributed by atoms with van der Waals surface area (Å²) in [5, 5.41) is 5.83. The Balaban J connectivity index is 2.13. The summed E-state index contributed by atoms with van der Waals surface area (Å²) in [6, 6.07) is 17.4. The minimum Gasteiger partial charge on any atom is -0.351 e. The number of nitrogens with one attached hydrogen (secondary N) is 3. The fraction of sp³-hybridized carbons (Fsp3) is 0.333. The summed E-state index contributed by atoms with van der Waals surface area (Å²) in [6.07, 6.45) is 0. The molecular formula is C21H28N3O2+. The van der Waals surface area contributed by atoms with E-state index in [2.05, 4.69) is 10.6 Å². The third-order valence-electron chi connectivity index (χ3n) is 4.49. The monoisotopic (exact) mass is 354 g/mol.